The standard InChI is InChI=1S/C28H39N5O4/c1-18(2)33-24-17-21(4-5-22(24)26(30-33)23-6-7-25(34)29-27(23)35)31-12-8-19(9-13-31)16-20-10-14-32(15-11-20)28(36)37-3/h4-5,17-20,23H,6-16H2,1-3H3,(H,29,34,35). The minimum absolute atomic E-state index is 0.163. The van der Waals surface area contributed by atoms with Crippen LogP contribution in [0.1, 0.15) is 76.4 Å². The lowest BCUT2D eigenvalue weighted by atomic mass is 9.83. The molecule has 0 radical (unpaired) electrons. The molecule has 9 nitrogen and oxygen atoms in total. The Morgan fingerprint density at radius 1 is 1.05 bits per heavy atom. The average molecular weight is 510 g/mol. The van der Waals surface area contributed by atoms with Crippen LogP contribution in [0.2, 0.25) is 0 Å². The number of carbonyl (C=O) groups is 3. The molecule has 0 saturated carbocycles. The number of nitrogens with one attached hydrogen (secondary N) is 1. The number of anilines is 1. The number of nitrogens with zero attached hydrogens (tertiary/aromatic N) is 4. The molecule has 1 aromatic heterocycles. The van der Waals surface area contributed by atoms with E-state index in [0.717, 1.165) is 61.5 Å². The lowest BCUT2D eigenvalue weighted by Crippen LogP contribution is -2.39. The van der Waals surface area contributed by atoms with Gasteiger partial charge in [0.2, 0.25) is 11.8 Å². The van der Waals surface area contributed by atoms with Crippen LogP contribution in [0.3, 0.4) is 0 Å². The number of rotatable bonds is 5. The highest BCUT2D eigenvalue weighted by molar-refractivity contribution is 6.02. The molecule has 5 rings (SSSR count). The summed E-state index contributed by atoms with van der Waals surface area (Å²) in [6, 6.07) is 6.65. The van der Waals surface area contributed by atoms with Crippen molar-refractivity contribution in [2.24, 2.45) is 11.8 Å². The van der Waals surface area contributed by atoms with E-state index in [2.05, 4.69) is 42.3 Å². The second-order valence-electron chi connectivity index (χ2n) is 11.2. The van der Waals surface area contributed by atoms with Crippen LogP contribution in [0.4, 0.5) is 10.5 Å². The van der Waals surface area contributed by atoms with Crippen molar-refractivity contribution in [3.8, 4) is 0 Å². The van der Waals surface area contributed by atoms with Crippen molar-refractivity contribution in [2.75, 3.05) is 38.2 Å². The van der Waals surface area contributed by atoms with Crippen LogP contribution in [0.15, 0.2) is 18.2 Å². The monoisotopic (exact) mass is 509 g/mol. The zero-order chi connectivity index (χ0) is 26.1. The van der Waals surface area contributed by atoms with Crippen molar-refractivity contribution in [1.29, 1.82) is 0 Å². The second kappa shape index (κ2) is 10.7. The summed E-state index contributed by atoms with van der Waals surface area (Å²) in [6.07, 6.45) is 6.40. The molecule has 4 heterocycles. The van der Waals surface area contributed by atoms with Gasteiger partial charge in [-0.15, -0.1) is 0 Å². The summed E-state index contributed by atoms with van der Waals surface area (Å²) in [5, 5.41) is 8.35. The summed E-state index contributed by atoms with van der Waals surface area (Å²) in [7, 11) is 1.45. The van der Waals surface area contributed by atoms with Crippen molar-refractivity contribution in [2.45, 2.75) is 70.8 Å². The summed E-state index contributed by atoms with van der Waals surface area (Å²) in [6.45, 7) is 7.89. The zero-order valence-electron chi connectivity index (χ0n) is 22.2. The summed E-state index contributed by atoms with van der Waals surface area (Å²) in [5.41, 5.74) is 3.03. The molecular formula is C28H39N5O4. The number of piperidine rings is 3. The number of aromatic nitrogens is 2. The van der Waals surface area contributed by atoms with Crippen LogP contribution in [-0.4, -0.2) is 65.9 Å². The predicted octanol–water partition coefficient (Wildman–Crippen LogP) is 4.22. The van der Waals surface area contributed by atoms with Crippen molar-refractivity contribution in [3.05, 3.63) is 23.9 Å². The normalized spacial score (nSPS) is 22.1. The number of benzene rings is 1. The van der Waals surface area contributed by atoms with Crippen LogP contribution >= 0.6 is 0 Å². The van der Waals surface area contributed by atoms with E-state index in [0.29, 0.717) is 18.8 Å². The topological polar surface area (TPSA) is 96.8 Å². The average Bonchev–Trinajstić information content (AvgIpc) is 3.28. The van der Waals surface area contributed by atoms with E-state index in [9.17, 15) is 14.4 Å². The van der Waals surface area contributed by atoms with E-state index in [1.807, 2.05) is 9.58 Å². The van der Waals surface area contributed by atoms with Gasteiger partial charge in [-0.1, -0.05) is 0 Å². The molecule has 3 saturated heterocycles. The van der Waals surface area contributed by atoms with Gasteiger partial charge in [0.25, 0.3) is 0 Å². The largest absolute Gasteiger partial charge is 0.453 e. The summed E-state index contributed by atoms with van der Waals surface area (Å²) in [5.74, 6) is 0.594. The van der Waals surface area contributed by atoms with Crippen LogP contribution in [0.5, 0.6) is 0 Å². The molecule has 200 valence electrons. The van der Waals surface area contributed by atoms with Gasteiger partial charge in [-0.05, 0) is 82.4 Å². The van der Waals surface area contributed by atoms with Crippen molar-refractivity contribution in [1.82, 2.24) is 20.0 Å². The molecule has 9 heteroatoms. The third-order valence-electron chi connectivity index (χ3n) is 8.47. The first-order chi connectivity index (χ1) is 17.8. The molecule has 1 aromatic carbocycles. The van der Waals surface area contributed by atoms with E-state index in [-0.39, 0.29) is 29.9 Å². The third kappa shape index (κ3) is 5.31. The first-order valence-corrected chi connectivity index (χ1v) is 13.8. The molecule has 0 bridgehead atoms. The fourth-order valence-electron chi connectivity index (χ4n) is 6.33. The highest BCUT2D eigenvalue weighted by Gasteiger charge is 2.33. The van der Waals surface area contributed by atoms with Gasteiger partial charge in [0, 0.05) is 49.7 Å². The smallest absolute Gasteiger partial charge is 0.409 e. The first kappa shape index (κ1) is 25.5. The molecule has 1 atom stereocenters. The van der Waals surface area contributed by atoms with Crippen molar-refractivity contribution >= 4 is 34.5 Å². The first-order valence-electron chi connectivity index (χ1n) is 13.8. The minimum atomic E-state index is -0.388. The van der Waals surface area contributed by atoms with E-state index >= 15 is 0 Å². The lowest BCUT2D eigenvalue weighted by molar-refractivity contribution is -0.134. The number of hydrogen-bond donors (Lipinski definition) is 1. The van der Waals surface area contributed by atoms with Gasteiger partial charge in [0.05, 0.1) is 24.2 Å². The Hall–Kier alpha value is -3.10. The molecule has 3 aliphatic heterocycles. The number of fused-ring (bicyclic) bond motifs is 1. The van der Waals surface area contributed by atoms with E-state index < -0.39 is 0 Å². The fourth-order valence-corrected chi connectivity index (χ4v) is 6.33. The van der Waals surface area contributed by atoms with Crippen LogP contribution in [0, 0.1) is 11.8 Å². The van der Waals surface area contributed by atoms with Gasteiger partial charge < -0.3 is 14.5 Å². The fraction of sp³-hybridized carbons (Fsp3) is 0.643. The maximum absolute atomic E-state index is 12.6. The number of likely N-dealkylation sites (tertiary alicyclic amines) is 1. The van der Waals surface area contributed by atoms with Crippen molar-refractivity contribution < 1.29 is 19.1 Å². The molecule has 37 heavy (non-hydrogen) atoms. The Labute approximate surface area is 218 Å². The van der Waals surface area contributed by atoms with E-state index in [1.165, 1.54) is 32.1 Å². The summed E-state index contributed by atoms with van der Waals surface area (Å²) >= 11 is 0. The maximum atomic E-state index is 12.6. The van der Waals surface area contributed by atoms with E-state index in [4.69, 9.17) is 9.84 Å². The third-order valence-corrected chi connectivity index (χ3v) is 8.47. The highest BCUT2D eigenvalue weighted by atomic mass is 16.5. The minimum Gasteiger partial charge on any atom is -0.453 e. The van der Waals surface area contributed by atoms with E-state index in [1.54, 1.807) is 0 Å². The molecule has 1 unspecified atom stereocenters. The van der Waals surface area contributed by atoms with Gasteiger partial charge in [0.15, 0.2) is 0 Å². The van der Waals surface area contributed by atoms with Gasteiger partial charge >= 0.3 is 6.09 Å². The summed E-state index contributed by atoms with van der Waals surface area (Å²) in [4.78, 5) is 40.3. The number of hydrogen-bond acceptors (Lipinski definition) is 6. The van der Waals surface area contributed by atoms with Crippen LogP contribution in [0.25, 0.3) is 10.9 Å². The molecule has 0 spiro atoms. The molecule has 1 N–H and O–H groups in total. The number of amides is 3. The Bertz CT molecular complexity index is 1160. The number of ether oxygens (including phenoxy) is 1. The predicted molar refractivity (Wildman–Crippen MR) is 141 cm³/mol. The van der Waals surface area contributed by atoms with Gasteiger partial charge in [-0.2, -0.15) is 5.10 Å². The lowest BCUT2D eigenvalue weighted by Gasteiger charge is -2.37. The Kier molecular flexibility index (Phi) is 7.40. The number of carbonyl (C=O) groups excluding carboxylic acids is 3. The Morgan fingerprint density at radius 3 is 2.35 bits per heavy atom. The Balaban J connectivity index is 1.24. The molecule has 3 aliphatic rings. The van der Waals surface area contributed by atoms with Crippen molar-refractivity contribution in [3.63, 3.8) is 0 Å². The molecule has 3 fully saturated rings. The number of imide groups is 1. The second-order valence-corrected chi connectivity index (χ2v) is 11.2. The molecular weight excluding hydrogens is 470 g/mol. The quantitative estimate of drug-likeness (QED) is 0.606. The van der Waals surface area contributed by atoms with Gasteiger partial charge in [0.1, 0.15) is 0 Å². The molecule has 0 aliphatic carbocycles. The number of methoxy groups -OCH3 is 1. The maximum Gasteiger partial charge on any atom is 0.409 e. The van der Waals surface area contributed by atoms with Crippen LogP contribution in [-0.2, 0) is 14.3 Å². The van der Waals surface area contributed by atoms with Gasteiger partial charge in [-0.25, -0.2) is 4.79 Å². The molecule has 3 amide bonds. The zero-order valence-corrected chi connectivity index (χ0v) is 22.2. The van der Waals surface area contributed by atoms with Crippen LogP contribution < -0.4 is 10.2 Å². The molecule has 2 aromatic rings. The Morgan fingerprint density at radius 2 is 1.73 bits per heavy atom. The van der Waals surface area contributed by atoms with Gasteiger partial charge in [-0.3, -0.25) is 19.6 Å². The summed E-state index contributed by atoms with van der Waals surface area (Å²) < 4.78 is 6.88. The highest BCUT2D eigenvalue weighted by Crippen LogP contribution is 2.36. The SMILES string of the molecule is COC(=O)N1CCC(CC2CCN(c3ccc4c(C5CCC(=O)NC5=O)nn(C(C)C)c4c3)CC2)CC1.